The van der Waals surface area contributed by atoms with Gasteiger partial charge in [-0.1, -0.05) is 19.8 Å². The predicted molar refractivity (Wildman–Crippen MR) is 110 cm³/mol. The van der Waals surface area contributed by atoms with Gasteiger partial charge >= 0.3 is 0 Å². The summed E-state index contributed by atoms with van der Waals surface area (Å²) < 4.78 is 20.1. The molecular formula is C20H27FN6O2. The summed E-state index contributed by atoms with van der Waals surface area (Å²) in [5.74, 6) is -0.805. The van der Waals surface area contributed by atoms with Crippen LogP contribution in [0.3, 0.4) is 0 Å². The number of primary amides is 1. The third kappa shape index (κ3) is 5.32. The molecule has 2 atom stereocenters. The minimum Gasteiger partial charge on any atom is -0.478 e. The van der Waals surface area contributed by atoms with Crippen LogP contribution in [0.15, 0.2) is 24.4 Å². The molecule has 1 aliphatic rings. The molecule has 0 unspecified atom stereocenters. The van der Waals surface area contributed by atoms with E-state index in [1.807, 2.05) is 6.92 Å². The van der Waals surface area contributed by atoms with E-state index in [1.165, 1.54) is 0 Å². The fraction of sp³-hybridized carbons (Fsp3) is 0.450. The molecule has 29 heavy (non-hydrogen) atoms. The summed E-state index contributed by atoms with van der Waals surface area (Å²) in [7, 11) is 0. The summed E-state index contributed by atoms with van der Waals surface area (Å²) in [5, 5.41) is 6.11. The molecule has 6 N–H and O–H groups in total. The van der Waals surface area contributed by atoms with Crippen LogP contribution in [0.5, 0.6) is 5.88 Å². The minimum absolute atomic E-state index is 0.0383. The first-order valence-electron chi connectivity index (χ1n) is 9.86. The molecule has 9 heteroatoms. The molecule has 156 valence electrons. The van der Waals surface area contributed by atoms with Crippen molar-refractivity contribution in [3.63, 3.8) is 0 Å². The molecule has 0 aliphatic heterocycles. The first-order valence-corrected chi connectivity index (χ1v) is 9.86. The lowest BCUT2D eigenvalue weighted by Gasteiger charge is -2.30. The maximum atomic E-state index is 14.6. The average molecular weight is 402 g/mol. The summed E-state index contributed by atoms with van der Waals surface area (Å²) >= 11 is 0. The van der Waals surface area contributed by atoms with Crippen molar-refractivity contribution < 1.29 is 13.9 Å². The molecular weight excluding hydrogens is 375 g/mol. The number of nitrogens with one attached hydrogen (secondary N) is 2. The van der Waals surface area contributed by atoms with Crippen molar-refractivity contribution in [3.05, 3.63) is 35.8 Å². The number of rotatable bonds is 8. The third-order valence-corrected chi connectivity index (χ3v) is 4.83. The Hall–Kier alpha value is -2.94. The lowest BCUT2D eigenvalue weighted by Crippen LogP contribution is -2.43. The van der Waals surface area contributed by atoms with Crippen LogP contribution in [0.25, 0.3) is 0 Å². The smallest absolute Gasteiger partial charge is 0.252 e. The number of carbonyl (C=O) groups excluding carboxylic acids is 1. The molecule has 0 saturated heterocycles. The highest BCUT2D eigenvalue weighted by Crippen LogP contribution is 2.27. The number of hydrogen-bond acceptors (Lipinski definition) is 7. The van der Waals surface area contributed by atoms with Gasteiger partial charge < -0.3 is 26.8 Å². The second kappa shape index (κ2) is 9.51. The second-order valence-electron chi connectivity index (χ2n) is 7.13. The number of pyridine rings is 2. The van der Waals surface area contributed by atoms with E-state index in [-0.39, 0.29) is 29.3 Å². The van der Waals surface area contributed by atoms with Gasteiger partial charge in [-0.3, -0.25) is 4.79 Å². The molecule has 0 bridgehead atoms. The molecule has 0 radical (unpaired) electrons. The fourth-order valence-corrected chi connectivity index (χ4v) is 3.30. The monoisotopic (exact) mass is 402 g/mol. The number of amides is 1. The van der Waals surface area contributed by atoms with E-state index >= 15 is 0 Å². The quantitative estimate of drug-likeness (QED) is 0.534. The maximum Gasteiger partial charge on any atom is 0.252 e. The van der Waals surface area contributed by atoms with Crippen LogP contribution in [0.1, 0.15) is 49.4 Å². The second-order valence-corrected chi connectivity index (χ2v) is 7.13. The Kier molecular flexibility index (Phi) is 6.82. The Morgan fingerprint density at radius 1 is 1.31 bits per heavy atom. The van der Waals surface area contributed by atoms with E-state index in [4.69, 9.17) is 16.2 Å². The van der Waals surface area contributed by atoms with E-state index in [2.05, 4.69) is 20.6 Å². The average Bonchev–Trinajstić information content (AvgIpc) is 2.70. The normalized spacial score (nSPS) is 18.9. The van der Waals surface area contributed by atoms with Gasteiger partial charge in [0.2, 0.25) is 5.88 Å². The highest BCUT2D eigenvalue weighted by molar-refractivity contribution is 5.98. The van der Waals surface area contributed by atoms with E-state index < -0.39 is 11.7 Å². The lowest BCUT2D eigenvalue weighted by atomic mass is 9.91. The third-order valence-electron chi connectivity index (χ3n) is 4.83. The van der Waals surface area contributed by atoms with Gasteiger partial charge in [0.15, 0.2) is 11.6 Å². The minimum atomic E-state index is -0.781. The summed E-state index contributed by atoms with van der Waals surface area (Å²) in [6, 6.07) is 4.31. The molecule has 1 fully saturated rings. The predicted octanol–water partition coefficient (Wildman–Crippen LogP) is 2.93. The summed E-state index contributed by atoms with van der Waals surface area (Å²) in [6.07, 6.45) is 6.22. The van der Waals surface area contributed by atoms with Crippen LogP contribution < -0.4 is 26.8 Å². The van der Waals surface area contributed by atoms with E-state index in [0.717, 1.165) is 38.2 Å². The van der Waals surface area contributed by atoms with Crippen LogP contribution in [0.4, 0.5) is 21.7 Å². The molecule has 2 aromatic heterocycles. The number of aromatic nitrogens is 2. The van der Waals surface area contributed by atoms with Crippen LogP contribution in [0.2, 0.25) is 0 Å². The van der Waals surface area contributed by atoms with Crippen LogP contribution in [0, 0.1) is 5.82 Å². The van der Waals surface area contributed by atoms with Crippen molar-refractivity contribution in [1.29, 1.82) is 0 Å². The SMILES string of the molecule is CCCOc1cc(Nc2nc(N[C@@H]3CCCC[C@@H]3N)c(F)cc2C(N)=O)ccn1. The Morgan fingerprint density at radius 3 is 2.83 bits per heavy atom. The summed E-state index contributed by atoms with van der Waals surface area (Å²) in [4.78, 5) is 20.3. The number of hydrogen-bond donors (Lipinski definition) is 4. The largest absolute Gasteiger partial charge is 0.478 e. The van der Waals surface area contributed by atoms with E-state index in [1.54, 1.807) is 18.3 Å². The molecule has 0 aromatic carbocycles. The number of carbonyl (C=O) groups is 1. The zero-order chi connectivity index (χ0) is 20.8. The lowest BCUT2D eigenvalue weighted by molar-refractivity contribution is 0.100. The van der Waals surface area contributed by atoms with E-state index in [9.17, 15) is 9.18 Å². The molecule has 1 aliphatic carbocycles. The van der Waals surface area contributed by atoms with Gasteiger partial charge in [-0.2, -0.15) is 0 Å². The topological polar surface area (TPSA) is 128 Å². The number of nitrogens with two attached hydrogens (primary N) is 2. The molecule has 1 saturated carbocycles. The molecule has 8 nitrogen and oxygen atoms in total. The van der Waals surface area contributed by atoms with Crippen molar-refractivity contribution in [3.8, 4) is 5.88 Å². The van der Waals surface area contributed by atoms with Crippen molar-refractivity contribution in [1.82, 2.24) is 9.97 Å². The Morgan fingerprint density at radius 2 is 2.10 bits per heavy atom. The van der Waals surface area contributed by atoms with Gasteiger partial charge in [0, 0.05) is 30.0 Å². The van der Waals surface area contributed by atoms with Crippen LogP contribution >= 0.6 is 0 Å². The Bertz CT molecular complexity index is 863. The van der Waals surface area contributed by atoms with Gasteiger partial charge in [-0.25, -0.2) is 14.4 Å². The van der Waals surface area contributed by atoms with Crippen molar-refractivity contribution in [2.24, 2.45) is 11.5 Å². The molecule has 1 amide bonds. The van der Waals surface area contributed by atoms with Gasteiger partial charge in [0.25, 0.3) is 5.91 Å². The molecule has 3 rings (SSSR count). The summed E-state index contributed by atoms with van der Waals surface area (Å²) in [6.45, 7) is 2.53. The standard InChI is InChI=1S/C20H27FN6O2/c1-2-9-29-17-10-12(7-8-24-17)25-19-13(18(23)28)11-14(21)20(27-19)26-16-6-4-3-5-15(16)22/h7-8,10-11,15-16H,2-6,9,22H2,1H3,(H2,23,28)(H2,24,25,26,27)/t15-,16+/m0/s1. The summed E-state index contributed by atoms with van der Waals surface area (Å²) in [5.41, 5.74) is 12.1. The fourth-order valence-electron chi connectivity index (χ4n) is 3.30. The van der Waals surface area contributed by atoms with Crippen molar-refractivity contribution in [2.45, 2.75) is 51.1 Å². The first-order chi connectivity index (χ1) is 14.0. The highest BCUT2D eigenvalue weighted by atomic mass is 19.1. The van der Waals surface area contributed by atoms with Gasteiger partial charge in [0.05, 0.1) is 12.2 Å². The zero-order valence-electron chi connectivity index (χ0n) is 16.5. The van der Waals surface area contributed by atoms with Crippen LogP contribution in [-0.2, 0) is 0 Å². The van der Waals surface area contributed by atoms with E-state index in [0.29, 0.717) is 18.2 Å². The van der Waals surface area contributed by atoms with Gasteiger partial charge in [0.1, 0.15) is 5.82 Å². The number of ether oxygens (including phenoxy) is 1. The molecule has 0 spiro atoms. The highest BCUT2D eigenvalue weighted by Gasteiger charge is 2.24. The Labute approximate surface area is 169 Å². The van der Waals surface area contributed by atoms with Crippen LogP contribution in [-0.4, -0.2) is 34.6 Å². The van der Waals surface area contributed by atoms with Gasteiger partial charge in [-0.05, 0) is 31.4 Å². The van der Waals surface area contributed by atoms with Crippen molar-refractivity contribution >= 4 is 23.2 Å². The number of halogens is 1. The molecule has 2 heterocycles. The maximum absolute atomic E-state index is 14.6. The Balaban J connectivity index is 1.87. The van der Waals surface area contributed by atoms with Crippen molar-refractivity contribution in [2.75, 3.05) is 17.2 Å². The van der Waals surface area contributed by atoms with Gasteiger partial charge in [-0.15, -0.1) is 0 Å². The zero-order valence-corrected chi connectivity index (χ0v) is 16.5. The first kappa shape index (κ1) is 20.8. The number of anilines is 3. The molecule has 2 aromatic rings. The number of nitrogens with zero attached hydrogens (tertiary/aromatic N) is 2.